The van der Waals surface area contributed by atoms with E-state index in [1.165, 1.54) is 0 Å². The molecule has 2 amide bonds. The van der Waals surface area contributed by atoms with E-state index in [1.54, 1.807) is 16.7 Å². The van der Waals surface area contributed by atoms with Crippen LogP contribution in [0, 0.1) is 0 Å². The second-order valence-electron chi connectivity index (χ2n) is 4.64. The minimum Gasteiger partial charge on any atom is -0.481 e. The zero-order chi connectivity index (χ0) is 13.7. The highest BCUT2D eigenvalue weighted by Crippen LogP contribution is 2.12. The molecule has 1 N–H and O–H groups in total. The molecule has 18 heavy (non-hydrogen) atoms. The molecular formula is C12H22N2O4. The molecule has 2 unspecified atom stereocenters. The van der Waals surface area contributed by atoms with Crippen LogP contribution in [-0.4, -0.2) is 65.3 Å². The number of carbonyl (C=O) groups excluding carboxylic acids is 1. The van der Waals surface area contributed by atoms with Gasteiger partial charge in [-0.3, -0.25) is 4.79 Å². The number of carboxylic acid groups (broad SMARTS) is 1. The van der Waals surface area contributed by atoms with Crippen molar-refractivity contribution in [3.63, 3.8) is 0 Å². The molecular weight excluding hydrogens is 236 g/mol. The standard InChI is InChI=1S/C12H22N2O4/c1-4-14(9(2)7-11(15)16)12(17)13-5-6-18-10(3)8-13/h9-10H,4-8H2,1-3H3,(H,15,16). The van der Waals surface area contributed by atoms with Gasteiger partial charge in [0.25, 0.3) is 0 Å². The van der Waals surface area contributed by atoms with Crippen molar-refractivity contribution < 1.29 is 19.4 Å². The fourth-order valence-electron chi connectivity index (χ4n) is 2.17. The number of aliphatic carboxylic acids is 1. The van der Waals surface area contributed by atoms with Crippen LogP contribution in [0.5, 0.6) is 0 Å². The van der Waals surface area contributed by atoms with Gasteiger partial charge < -0.3 is 19.6 Å². The molecule has 1 saturated heterocycles. The molecule has 0 aromatic carbocycles. The maximum absolute atomic E-state index is 12.3. The highest BCUT2D eigenvalue weighted by molar-refractivity contribution is 5.76. The first-order chi connectivity index (χ1) is 8.45. The Morgan fingerprint density at radius 1 is 1.56 bits per heavy atom. The van der Waals surface area contributed by atoms with E-state index in [9.17, 15) is 9.59 Å². The molecule has 1 aliphatic heterocycles. The van der Waals surface area contributed by atoms with Gasteiger partial charge in [0.2, 0.25) is 0 Å². The third kappa shape index (κ3) is 3.87. The molecule has 0 aromatic heterocycles. The van der Waals surface area contributed by atoms with Crippen molar-refractivity contribution in [2.24, 2.45) is 0 Å². The summed E-state index contributed by atoms with van der Waals surface area (Å²) in [4.78, 5) is 26.3. The molecule has 6 heteroatoms. The summed E-state index contributed by atoms with van der Waals surface area (Å²) in [5.41, 5.74) is 0. The molecule has 1 rings (SSSR count). The zero-order valence-corrected chi connectivity index (χ0v) is 11.3. The predicted octanol–water partition coefficient (Wildman–Crippen LogP) is 1.01. The number of ether oxygens (including phenoxy) is 1. The van der Waals surface area contributed by atoms with Crippen LogP contribution in [0.2, 0.25) is 0 Å². The Bertz CT molecular complexity index is 308. The predicted molar refractivity (Wildman–Crippen MR) is 66.5 cm³/mol. The lowest BCUT2D eigenvalue weighted by Crippen LogP contribution is -2.52. The SMILES string of the molecule is CCN(C(=O)N1CCOC(C)C1)C(C)CC(=O)O. The normalized spacial score (nSPS) is 21.5. The number of amides is 2. The first-order valence-electron chi connectivity index (χ1n) is 6.34. The second-order valence-corrected chi connectivity index (χ2v) is 4.64. The molecule has 0 radical (unpaired) electrons. The average Bonchev–Trinajstić information content (AvgIpc) is 2.28. The van der Waals surface area contributed by atoms with Crippen LogP contribution < -0.4 is 0 Å². The van der Waals surface area contributed by atoms with Gasteiger partial charge in [0, 0.05) is 25.7 Å². The Labute approximate surface area is 107 Å². The van der Waals surface area contributed by atoms with Gasteiger partial charge in [-0.1, -0.05) is 0 Å². The average molecular weight is 258 g/mol. The molecule has 104 valence electrons. The Balaban J connectivity index is 2.63. The molecule has 0 aliphatic carbocycles. The molecule has 0 bridgehead atoms. The summed E-state index contributed by atoms with van der Waals surface area (Å²) in [5, 5.41) is 8.79. The minimum atomic E-state index is -0.885. The Kier molecular flexibility index (Phi) is 5.40. The summed E-state index contributed by atoms with van der Waals surface area (Å²) in [6.07, 6.45) is 0.00984. The monoisotopic (exact) mass is 258 g/mol. The van der Waals surface area contributed by atoms with Crippen LogP contribution in [0.25, 0.3) is 0 Å². The van der Waals surface area contributed by atoms with Crippen LogP contribution >= 0.6 is 0 Å². The first-order valence-corrected chi connectivity index (χ1v) is 6.34. The summed E-state index contributed by atoms with van der Waals surface area (Å²) in [6.45, 7) is 7.74. The number of urea groups is 1. The van der Waals surface area contributed by atoms with E-state index >= 15 is 0 Å². The molecule has 0 spiro atoms. The molecule has 0 aromatic rings. The van der Waals surface area contributed by atoms with E-state index in [0.717, 1.165) is 0 Å². The zero-order valence-electron chi connectivity index (χ0n) is 11.3. The second kappa shape index (κ2) is 6.58. The molecule has 6 nitrogen and oxygen atoms in total. The van der Waals surface area contributed by atoms with Gasteiger partial charge >= 0.3 is 12.0 Å². The third-order valence-corrected chi connectivity index (χ3v) is 3.10. The van der Waals surface area contributed by atoms with Gasteiger partial charge in [0.05, 0.1) is 19.1 Å². The van der Waals surface area contributed by atoms with E-state index in [4.69, 9.17) is 9.84 Å². The highest BCUT2D eigenvalue weighted by atomic mass is 16.5. The summed E-state index contributed by atoms with van der Waals surface area (Å²) >= 11 is 0. The highest BCUT2D eigenvalue weighted by Gasteiger charge is 2.28. The van der Waals surface area contributed by atoms with Gasteiger partial charge in [0.1, 0.15) is 0 Å². The van der Waals surface area contributed by atoms with Crippen molar-refractivity contribution >= 4 is 12.0 Å². The number of morpholine rings is 1. The molecule has 0 saturated carbocycles. The Morgan fingerprint density at radius 2 is 2.22 bits per heavy atom. The summed E-state index contributed by atoms with van der Waals surface area (Å²) < 4.78 is 5.39. The smallest absolute Gasteiger partial charge is 0.320 e. The largest absolute Gasteiger partial charge is 0.481 e. The quantitative estimate of drug-likeness (QED) is 0.817. The lowest BCUT2D eigenvalue weighted by molar-refractivity contribution is -0.138. The van der Waals surface area contributed by atoms with E-state index < -0.39 is 5.97 Å². The van der Waals surface area contributed by atoms with Gasteiger partial charge in [-0.15, -0.1) is 0 Å². The van der Waals surface area contributed by atoms with Crippen molar-refractivity contribution in [2.45, 2.75) is 39.3 Å². The number of hydrogen-bond acceptors (Lipinski definition) is 3. The molecule has 1 fully saturated rings. The Hall–Kier alpha value is -1.30. The van der Waals surface area contributed by atoms with Crippen LogP contribution in [0.3, 0.4) is 0 Å². The van der Waals surface area contributed by atoms with Crippen molar-refractivity contribution in [2.75, 3.05) is 26.2 Å². The number of carboxylic acids is 1. The fourth-order valence-corrected chi connectivity index (χ4v) is 2.17. The third-order valence-electron chi connectivity index (χ3n) is 3.10. The lowest BCUT2D eigenvalue weighted by Gasteiger charge is -2.37. The lowest BCUT2D eigenvalue weighted by atomic mass is 10.2. The number of carbonyl (C=O) groups is 2. The summed E-state index contributed by atoms with van der Waals surface area (Å²) in [6, 6.07) is -0.389. The summed E-state index contributed by atoms with van der Waals surface area (Å²) in [5.74, 6) is -0.885. The maximum Gasteiger partial charge on any atom is 0.320 e. The topological polar surface area (TPSA) is 70.1 Å². The van der Waals surface area contributed by atoms with Crippen molar-refractivity contribution in [1.82, 2.24) is 9.80 Å². The van der Waals surface area contributed by atoms with E-state index in [-0.39, 0.29) is 24.6 Å². The van der Waals surface area contributed by atoms with Gasteiger partial charge in [-0.25, -0.2) is 4.79 Å². The summed E-state index contributed by atoms with van der Waals surface area (Å²) in [7, 11) is 0. The molecule has 1 aliphatic rings. The molecule has 1 heterocycles. The number of rotatable bonds is 4. The maximum atomic E-state index is 12.3. The van der Waals surface area contributed by atoms with Gasteiger partial charge in [0.15, 0.2) is 0 Å². The van der Waals surface area contributed by atoms with Crippen molar-refractivity contribution in [3.8, 4) is 0 Å². The van der Waals surface area contributed by atoms with E-state index in [1.807, 2.05) is 13.8 Å². The van der Waals surface area contributed by atoms with Crippen LogP contribution in [0.4, 0.5) is 4.79 Å². The van der Waals surface area contributed by atoms with Gasteiger partial charge in [-0.2, -0.15) is 0 Å². The number of nitrogens with zero attached hydrogens (tertiary/aromatic N) is 2. The minimum absolute atomic E-state index is 0.0283. The first kappa shape index (κ1) is 14.8. The number of hydrogen-bond donors (Lipinski definition) is 1. The van der Waals surface area contributed by atoms with Crippen molar-refractivity contribution in [3.05, 3.63) is 0 Å². The van der Waals surface area contributed by atoms with Crippen LogP contribution in [0.15, 0.2) is 0 Å². The van der Waals surface area contributed by atoms with Crippen LogP contribution in [0.1, 0.15) is 27.2 Å². The van der Waals surface area contributed by atoms with Crippen LogP contribution in [-0.2, 0) is 9.53 Å². The van der Waals surface area contributed by atoms with Gasteiger partial charge in [-0.05, 0) is 20.8 Å². The van der Waals surface area contributed by atoms with E-state index in [2.05, 4.69) is 0 Å². The molecule has 2 atom stereocenters. The Morgan fingerprint density at radius 3 is 2.72 bits per heavy atom. The fraction of sp³-hybridized carbons (Fsp3) is 0.833. The van der Waals surface area contributed by atoms with E-state index in [0.29, 0.717) is 26.2 Å². The van der Waals surface area contributed by atoms with Crippen molar-refractivity contribution in [1.29, 1.82) is 0 Å².